The molecular weight excluding hydrogens is 250 g/mol. The predicted octanol–water partition coefficient (Wildman–Crippen LogP) is 1.70. The zero-order valence-corrected chi connectivity index (χ0v) is 10.3. The van der Waals surface area contributed by atoms with E-state index in [1.165, 1.54) is 0 Å². The lowest BCUT2D eigenvalue weighted by molar-refractivity contribution is 0.102. The lowest BCUT2D eigenvalue weighted by Gasteiger charge is -2.03. The Morgan fingerprint density at radius 3 is 2.83 bits per heavy atom. The third-order valence-electron chi connectivity index (χ3n) is 2.13. The molecule has 0 fully saturated rings. The molecule has 0 radical (unpaired) electrons. The number of benzene rings is 1. The third kappa shape index (κ3) is 2.44. The first-order chi connectivity index (χ1) is 8.74. The number of aromatic nitrogens is 2. The predicted molar refractivity (Wildman–Crippen MR) is 68.6 cm³/mol. The molecule has 6 nitrogen and oxygen atoms in total. The van der Waals surface area contributed by atoms with Crippen LogP contribution in [0.4, 0.5) is 10.8 Å². The summed E-state index contributed by atoms with van der Waals surface area (Å²) >= 11 is 1.15. The molecule has 0 spiro atoms. The zero-order valence-electron chi connectivity index (χ0n) is 9.47. The van der Waals surface area contributed by atoms with Gasteiger partial charge in [0.25, 0.3) is 5.91 Å². The molecule has 0 unspecified atom stereocenters. The third-order valence-corrected chi connectivity index (χ3v) is 3.07. The molecule has 0 saturated heterocycles. The number of nitrogens with zero attached hydrogens (tertiary/aromatic N) is 3. The number of amides is 1. The molecule has 1 heterocycles. The van der Waals surface area contributed by atoms with Crippen molar-refractivity contribution in [2.45, 2.75) is 0 Å². The Balaban J connectivity index is 2.19. The molecule has 7 heteroatoms. The van der Waals surface area contributed by atoms with Crippen LogP contribution >= 0.6 is 11.3 Å². The van der Waals surface area contributed by atoms with E-state index in [9.17, 15) is 4.79 Å². The first-order valence-corrected chi connectivity index (χ1v) is 5.88. The summed E-state index contributed by atoms with van der Waals surface area (Å²) in [5, 5.41) is 22.7. The minimum atomic E-state index is -0.378. The minimum absolute atomic E-state index is 0.243. The molecular formula is C11H9N5OS. The quantitative estimate of drug-likeness (QED) is 0.875. The summed E-state index contributed by atoms with van der Waals surface area (Å²) in [5.41, 5.74) is 0.871. The van der Waals surface area contributed by atoms with Crippen molar-refractivity contribution in [1.82, 2.24) is 10.2 Å². The van der Waals surface area contributed by atoms with Crippen molar-refractivity contribution in [3.63, 3.8) is 0 Å². The normalized spacial score (nSPS) is 9.56. The summed E-state index contributed by atoms with van der Waals surface area (Å²) in [6, 6.07) is 8.79. The number of para-hydroxylation sites is 1. The summed E-state index contributed by atoms with van der Waals surface area (Å²) in [6.07, 6.45) is 0. The highest BCUT2D eigenvalue weighted by Gasteiger charge is 2.13. The number of anilines is 2. The molecule has 90 valence electrons. The second-order valence-corrected chi connectivity index (χ2v) is 4.25. The van der Waals surface area contributed by atoms with Crippen LogP contribution in [0.25, 0.3) is 0 Å². The highest BCUT2D eigenvalue weighted by atomic mass is 32.1. The van der Waals surface area contributed by atoms with E-state index in [0.29, 0.717) is 16.4 Å². The van der Waals surface area contributed by atoms with Gasteiger partial charge in [-0.2, -0.15) is 5.26 Å². The maximum Gasteiger partial charge on any atom is 0.286 e. The molecule has 0 aliphatic rings. The van der Waals surface area contributed by atoms with Crippen molar-refractivity contribution in [2.24, 2.45) is 0 Å². The van der Waals surface area contributed by atoms with Gasteiger partial charge in [-0.15, -0.1) is 10.2 Å². The van der Waals surface area contributed by atoms with Crippen molar-refractivity contribution < 1.29 is 4.79 Å². The summed E-state index contributed by atoms with van der Waals surface area (Å²) in [7, 11) is 1.70. The van der Waals surface area contributed by atoms with Gasteiger partial charge in [-0.25, -0.2) is 0 Å². The SMILES string of the molecule is CNc1nnc(C(=O)Nc2ccccc2C#N)s1. The Kier molecular flexibility index (Phi) is 3.50. The van der Waals surface area contributed by atoms with Gasteiger partial charge in [-0.3, -0.25) is 4.79 Å². The molecule has 1 aromatic carbocycles. The summed E-state index contributed by atoms with van der Waals surface area (Å²) in [5.74, 6) is -0.378. The van der Waals surface area contributed by atoms with E-state index in [-0.39, 0.29) is 10.9 Å². The fraction of sp³-hybridized carbons (Fsp3) is 0.0909. The van der Waals surface area contributed by atoms with Crippen LogP contribution in [0.5, 0.6) is 0 Å². The second-order valence-electron chi connectivity index (χ2n) is 3.27. The number of carbonyl (C=O) groups excluding carboxylic acids is 1. The number of carbonyl (C=O) groups is 1. The Bertz CT molecular complexity index is 616. The van der Waals surface area contributed by atoms with E-state index in [1.807, 2.05) is 6.07 Å². The average molecular weight is 259 g/mol. The van der Waals surface area contributed by atoms with Crippen molar-refractivity contribution in [1.29, 1.82) is 5.26 Å². The number of nitriles is 1. The van der Waals surface area contributed by atoms with E-state index in [2.05, 4.69) is 20.8 Å². The van der Waals surface area contributed by atoms with Gasteiger partial charge in [0, 0.05) is 7.05 Å². The molecule has 1 aromatic heterocycles. The first kappa shape index (κ1) is 12.0. The lowest BCUT2D eigenvalue weighted by atomic mass is 10.2. The first-order valence-electron chi connectivity index (χ1n) is 5.06. The summed E-state index contributed by atoms with van der Waals surface area (Å²) < 4.78 is 0. The van der Waals surface area contributed by atoms with Crippen molar-refractivity contribution in [3.05, 3.63) is 34.8 Å². The standard InChI is InChI=1S/C11H9N5OS/c1-13-11-16-15-10(18-11)9(17)14-8-5-3-2-4-7(8)6-12/h2-5H,1H3,(H,13,16)(H,14,17). The van der Waals surface area contributed by atoms with E-state index in [4.69, 9.17) is 5.26 Å². The van der Waals surface area contributed by atoms with Gasteiger partial charge in [-0.1, -0.05) is 23.5 Å². The monoisotopic (exact) mass is 259 g/mol. The molecule has 0 atom stereocenters. The van der Waals surface area contributed by atoms with Gasteiger partial charge in [0.2, 0.25) is 10.1 Å². The molecule has 0 bridgehead atoms. The molecule has 0 aliphatic heterocycles. The van der Waals surface area contributed by atoms with Crippen molar-refractivity contribution >= 4 is 28.1 Å². The Morgan fingerprint density at radius 2 is 2.17 bits per heavy atom. The van der Waals surface area contributed by atoms with Crippen LogP contribution in [-0.4, -0.2) is 23.2 Å². The summed E-state index contributed by atoms with van der Waals surface area (Å²) in [6.45, 7) is 0. The fourth-order valence-corrected chi connectivity index (χ4v) is 1.87. The maximum absolute atomic E-state index is 11.9. The van der Waals surface area contributed by atoms with Crippen LogP contribution in [0, 0.1) is 11.3 Å². The largest absolute Gasteiger partial charge is 0.363 e. The molecule has 18 heavy (non-hydrogen) atoms. The number of hydrogen-bond acceptors (Lipinski definition) is 6. The van der Waals surface area contributed by atoms with Crippen LogP contribution in [-0.2, 0) is 0 Å². The average Bonchev–Trinajstić information content (AvgIpc) is 2.88. The number of nitrogens with one attached hydrogen (secondary N) is 2. The molecule has 2 rings (SSSR count). The number of rotatable bonds is 3. The van der Waals surface area contributed by atoms with Gasteiger partial charge in [-0.05, 0) is 12.1 Å². The molecule has 0 aliphatic carbocycles. The van der Waals surface area contributed by atoms with Gasteiger partial charge in [0.1, 0.15) is 6.07 Å². The Labute approximate surface area is 107 Å². The van der Waals surface area contributed by atoms with Gasteiger partial charge >= 0.3 is 0 Å². The lowest BCUT2D eigenvalue weighted by Crippen LogP contribution is -2.12. The molecule has 2 N–H and O–H groups in total. The van der Waals surface area contributed by atoms with E-state index in [0.717, 1.165) is 11.3 Å². The van der Waals surface area contributed by atoms with Crippen LogP contribution in [0.15, 0.2) is 24.3 Å². The molecule has 2 aromatic rings. The highest BCUT2D eigenvalue weighted by molar-refractivity contribution is 7.17. The smallest absolute Gasteiger partial charge is 0.286 e. The van der Waals surface area contributed by atoms with Gasteiger partial charge in [0.05, 0.1) is 11.3 Å². The second kappa shape index (κ2) is 5.25. The van der Waals surface area contributed by atoms with Crippen LogP contribution in [0.2, 0.25) is 0 Å². The van der Waals surface area contributed by atoms with Crippen molar-refractivity contribution in [2.75, 3.05) is 17.7 Å². The topological polar surface area (TPSA) is 90.7 Å². The highest BCUT2D eigenvalue weighted by Crippen LogP contribution is 2.18. The van der Waals surface area contributed by atoms with Gasteiger partial charge < -0.3 is 10.6 Å². The Morgan fingerprint density at radius 1 is 1.39 bits per heavy atom. The van der Waals surface area contributed by atoms with E-state index < -0.39 is 0 Å². The Hall–Kier alpha value is -2.46. The molecule has 1 amide bonds. The molecule has 0 saturated carbocycles. The van der Waals surface area contributed by atoms with E-state index in [1.54, 1.807) is 31.3 Å². The van der Waals surface area contributed by atoms with Crippen LogP contribution < -0.4 is 10.6 Å². The number of hydrogen-bond donors (Lipinski definition) is 2. The minimum Gasteiger partial charge on any atom is -0.363 e. The van der Waals surface area contributed by atoms with Gasteiger partial charge in [0.15, 0.2) is 0 Å². The van der Waals surface area contributed by atoms with Crippen LogP contribution in [0.3, 0.4) is 0 Å². The summed E-state index contributed by atoms with van der Waals surface area (Å²) in [4.78, 5) is 11.9. The fourth-order valence-electron chi connectivity index (χ4n) is 1.28. The van der Waals surface area contributed by atoms with E-state index >= 15 is 0 Å². The zero-order chi connectivity index (χ0) is 13.0. The maximum atomic E-state index is 11.9. The van der Waals surface area contributed by atoms with Crippen molar-refractivity contribution in [3.8, 4) is 6.07 Å². The van der Waals surface area contributed by atoms with Crippen LogP contribution in [0.1, 0.15) is 15.4 Å².